The van der Waals surface area contributed by atoms with E-state index in [-0.39, 0.29) is 11.8 Å². The first-order chi connectivity index (χ1) is 10.1. The minimum Gasteiger partial charge on any atom is -0.317 e. The van der Waals surface area contributed by atoms with E-state index >= 15 is 0 Å². The van der Waals surface area contributed by atoms with Crippen LogP contribution in [0.25, 0.3) is 0 Å². The second-order valence-electron chi connectivity index (χ2n) is 6.28. The second kappa shape index (κ2) is 5.97. The predicted molar refractivity (Wildman–Crippen MR) is 86.1 cm³/mol. The molecule has 1 fully saturated rings. The summed E-state index contributed by atoms with van der Waals surface area (Å²) in [5.41, 5.74) is 2.03. The first-order valence-electron chi connectivity index (χ1n) is 7.88. The fourth-order valence-electron chi connectivity index (χ4n) is 3.55. The van der Waals surface area contributed by atoms with Crippen LogP contribution in [-0.2, 0) is 16.4 Å². The minimum atomic E-state index is -3.21. The third kappa shape index (κ3) is 3.09. The van der Waals surface area contributed by atoms with Crippen molar-refractivity contribution in [2.45, 2.75) is 38.6 Å². The van der Waals surface area contributed by atoms with Crippen LogP contribution in [0.15, 0.2) is 24.3 Å². The summed E-state index contributed by atoms with van der Waals surface area (Å²) in [4.78, 5) is 0. The van der Waals surface area contributed by atoms with Gasteiger partial charge in [0.15, 0.2) is 0 Å². The standard InChI is InChI=1S/C16H24N2O2S/c1-13-12-15-4-2-3-5-16(15)18(13)21(19,20)11-8-14-6-9-17-10-7-14/h2-5,13-14,17H,6-12H2,1H3. The van der Waals surface area contributed by atoms with E-state index in [0.29, 0.717) is 5.92 Å². The van der Waals surface area contributed by atoms with Gasteiger partial charge in [-0.2, -0.15) is 0 Å². The van der Waals surface area contributed by atoms with E-state index in [1.165, 1.54) is 0 Å². The topological polar surface area (TPSA) is 49.4 Å². The van der Waals surface area contributed by atoms with Crippen molar-refractivity contribution in [1.82, 2.24) is 5.32 Å². The molecule has 2 aliphatic heterocycles. The van der Waals surface area contributed by atoms with Gasteiger partial charge in [-0.25, -0.2) is 8.42 Å². The molecule has 1 saturated heterocycles. The number of benzene rings is 1. The van der Waals surface area contributed by atoms with E-state index in [9.17, 15) is 8.42 Å². The third-order valence-corrected chi connectivity index (χ3v) is 6.59. The molecule has 1 aromatic carbocycles. The molecule has 1 aromatic rings. The maximum Gasteiger partial charge on any atom is 0.235 e. The molecule has 4 nitrogen and oxygen atoms in total. The van der Waals surface area contributed by atoms with Crippen molar-refractivity contribution in [3.8, 4) is 0 Å². The molecule has 1 N–H and O–H groups in total. The molecule has 5 heteroatoms. The van der Waals surface area contributed by atoms with Crippen LogP contribution in [0.3, 0.4) is 0 Å². The average molecular weight is 308 g/mol. The quantitative estimate of drug-likeness (QED) is 0.927. The van der Waals surface area contributed by atoms with Gasteiger partial charge in [-0.15, -0.1) is 0 Å². The van der Waals surface area contributed by atoms with E-state index in [1.807, 2.05) is 31.2 Å². The molecule has 1 unspecified atom stereocenters. The van der Waals surface area contributed by atoms with Gasteiger partial charge in [0.1, 0.15) is 0 Å². The zero-order chi connectivity index (χ0) is 14.9. The van der Waals surface area contributed by atoms with Gasteiger partial charge in [0.2, 0.25) is 10.0 Å². The van der Waals surface area contributed by atoms with Crippen molar-refractivity contribution in [3.63, 3.8) is 0 Å². The number of anilines is 1. The number of para-hydroxylation sites is 1. The van der Waals surface area contributed by atoms with Crippen molar-refractivity contribution in [1.29, 1.82) is 0 Å². The first-order valence-corrected chi connectivity index (χ1v) is 9.49. The summed E-state index contributed by atoms with van der Waals surface area (Å²) in [7, 11) is -3.21. The molecule has 2 heterocycles. The Hall–Kier alpha value is -1.07. The maximum atomic E-state index is 12.8. The fourth-order valence-corrected chi connectivity index (χ4v) is 5.47. The normalized spacial score (nSPS) is 23.3. The molecule has 116 valence electrons. The van der Waals surface area contributed by atoms with Crippen LogP contribution in [-0.4, -0.2) is 33.3 Å². The number of nitrogens with one attached hydrogen (secondary N) is 1. The van der Waals surface area contributed by atoms with Crippen LogP contribution >= 0.6 is 0 Å². The van der Waals surface area contributed by atoms with E-state index in [0.717, 1.165) is 50.0 Å². The summed E-state index contributed by atoms with van der Waals surface area (Å²) >= 11 is 0. The molecule has 21 heavy (non-hydrogen) atoms. The Morgan fingerprint density at radius 3 is 2.71 bits per heavy atom. The Kier molecular flexibility index (Phi) is 4.22. The highest BCUT2D eigenvalue weighted by molar-refractivity contribution is 7.92. The predicted octanol–water partition coefficient (Wildman–Crippen LogP) is 2.16. The summed E-state index contributed by atoms with van der Waals surface area (Å²) in [5, 5.41) is 3.33. The molecule has 0 bridgehead atoms. The SMILES string of the molecule is CC1Cc2ccccc2N1S(=O)(=O)CCC1CCNCC1. The van der Waals surface area contributed by atoms with Gasteiger partial charge >= 0.3 is 0 Å². The van der Waals surface area contributed by atoms with Crippen molar-refractivity contribution < 1.29 is 8.42 Å². The Morgan fingerprint density at radius 1 is 1.24 bits per heavy atom. The molecule has 2 aliphatic rings. The lowest BCUT2D eigenvalue weighted by atomic mass is 9.96. The zero-order valence-electron chi connectivity index (χ0n) is 12.6. The molecule has 0 radical (unpaired) electrons. The summed E-state index contributed by atoms with van der Waals surface area (Å²) < 4.78 is 27.2. The number of nitrogens with zero attached hydrogens (tertiary/aromatic N) is 1. The van der Waals surface area contributed by atoms with Crippen molar-refractivity contribution in [2.75, 3.05) is 23.1 Å². The number of sulfonamides is 1. The van der Waals surface area contributed by atoms with Crippen LogP contribution in [0.4, 0.5) is 5.69 Å². The Bertz CT molecular complexity index is 594. The van der Waals surface area contributed by atoms with Gasteiger partial charge in [-0.1, -0.05) is 18.2 Å². The summed E-state index contributed by atoms with van der Waals surface area (Å²) in [6.45, 7) is 4.05. The summed E-state index contributed by atoms with van der Waals surface area (Å²) in [6, 6.07) is 7.92. The van der Waals surface area contributed by atoms with Crippen LogP contribution in [0.5, 0.6) is 0 Å². The number of piperidine rings is 1. The number of fused-ring (bicyclic) bond motifs is 1. The second-order valence-corrected chi connectivity index (χ2v) is 8.24. The van der Waals surface area contributed by atoms with Gasteiger partial charge in [0.05, 0.1) is 11.4 Å². The summed E-state index contributed by atoms with van der Waals surface area (Å²) in [5.74, 6) is 0.824. The van der Waals surface area contributed by atoms with Crippen LogP contribution in [0.1, 0.15) is 31.7 Å². The average Bonchev–Trinajstić information content (AvgIpc) is 2.83. The van der Waals surface area contributed by atoms with E-state index < -0.39 is 10.0 Å². The lowest BCUT2D eigenvalue weighted by Gasteiger charge is -2.27. The van der Waals surface area contributed by atoms with E-state index in [1.54, 1.807) is 4.31 Å². The Morgan fingerprint density at radius 2 is 1.95 bits per heavy atom. The van der Waals surface area contributed by atoms with Crippen molar-refractivity contribution in [3.05, 3.63) is 29.8 Å². The van der Waals surface area contributed by atoms with Gasteiger partial charge in [0, 0.05) is 6.04 Å². The Labute approximate surface area is 127 Å². The number of rotatable bonds is 4. The molecule has 0 amide bonds. The van der Waals surface area contributed by atoms with Gasteiger partial charge < -0.3 is 5.32 Å². The fraction of sp³-hybridized carbons (Fsp3) is 0.625. The number of hydrogen-bond acceptors (Lipinski definition) is 3. The smallest absolute Gasteiger partial charge is 0.235 e. The molecule has 0 saturated carbocycles. The third-order valence-electron chi connectivity index (χ3n) is 4.69. The lowest BCUT2D eigenvalue weighted by molar-refractivity contribution is 0.365. The van der Waals surface area contributed by atoms with Gasteiger partial charge in [-0.3, -0.25) is 4.31 Å². The highest BCUT2D eigenvalue weighted by Gasteiger charge is 2.34. The van der Waals surface area contributed by atoms with E-state index in [4.69, 9.17) is 0 Å². The van der Waals surface area contributed by atoms with Crippen molar-refractivity contribution >= 4 is 15.7 Å². The summed E-state index contributed by atoms with van der Waals surface area (Å²) in [6.07, 6.45) is 3.81. The largest absolute Gasteiger partial charge is 0.317 e. The molecule has 0 aromatic heterocycles. The van der Waals surface area contributed by atoms with Crippen molar-refractivity contribution in [2.24, 2.45) is 5.92 Å². The van der Waals surface area contributed by atoms with Crippen LogP contribution in [0, 0.1) is 5.92 Å². The zero-order valence-corrected chi connectivity index (χ0v) is 13.4. The van der Waals surface area contributed by atoms with E-state index in [2.05, 4.69) is 5.32 Å². The molecule has 3 rings (SSSR count). The molecular formula is C16H24N2O2S. The molecule has 0 spiro atoms. The maximum absolute atomic E-state index is 12.8. The molecule has 1 atom stereocenters. The Balaban J connectivity index is 1.72. The number of hydrogen-bond donors (Lipinski definition) is 1. The first kappa shape index (κ1) is 14.9. The van der Waals surface area contributed by atoms with Crippen LogP contribution in [0.2, 0.25) is 0 Å². The highest BCUT2D eigenvalue weighted by Crippen LogP contribution is 2.34. The minimum absolute atomic E-state index is 0.0421. The lowest BCUT2D eigenvalue weighted by Crippen LogP contribution is -2.38. The molecule has 0 aliphatic carbocycles. The molecular weight excluding hydrogens is 284 g/mol. The van der Waals surface area contributed by atoms with Gasteiger partial charge in [0.25, 0.3) is 0 Å². The van der Waals surface area contributed by atoms with Crippen LogP contribution < -0.4 is 9.62 Å². The monoisotopic (exact) mass is 308 g/mol. The van der Waals surface area contributed by atoms with Gasteiger partial charge in [-0.05, 0) is 63.2 Å². The highest BCUT2D eigenvalue weighted by atomic mass is 32.2.